The topological polar surface area (TPSA) is 218 Å². The molecule has 0 aromatic carbocycles. The molecular formula is C32H47NO13. The predicted molar refractivity (Wildman–Crippen MR) is 159 cm³/mol. The number of alkyl carbamates (subject to hydrolysis) is 1. The highest BCUT2D eigenvalue weighted by atomic mass is 16.6. The normalized spacial score (nSPS) is 39.4. The van der Waals surface area contributed by atoms with E-state index in [2.05, 4.69) is 11.9 Å². The monoisotopic (exact) mass is 653 g/mol. The maximum atomic E-state index is 14.3. The Bertz CT molecular complexity index is 1310. The number of aliphatic hydroxyl groups is 5. The van der Waals surface area contributed by atoms with E-state index >= 15 is 0 Å². The Hall–Kier alpha value is -2.88. The van der Waals surface area contributed by atoms with Gasteiger partial charge in [0.05, 0.1) is 30.3 Å². The van der Waals surface area contributed by atoms with E-state index in [4.69, 9.17) is 18.9 Å². The number of fused-ring (bicyclic) bond motifs is 5. The van der Waals surface area contributed by atoms with Crippen molar-refractivity contribution in [2.75, 3.05) is 13.2 Å². The summed E-state index contributed by atoms with van der Waals surface area (Å²) < 4.78 is 22.0. The summed E-state index contributed by atoms with van der Waals surface area (Å²) >= 11 is 0. The first-order valence-electron chi connectivity index (χ1n) is 15.5. The first-order valence-corrected chi connectivity index (χ1v) is 15.5. The molecule has 1 unspecified atom stereocenters. The van der Waals surface area contributed by atoms with Crippen LogP contribution in [-0.2, 0) is 33.3 Å². The lowest BCUT2D eigenvalue weighted by Crippen LogP contribution is -2.81. The molecule has 3 aliphatic carbocycles. The van der Waals surface area contributed by atoms with Crippen LogP contribution in [0.25, 0.3) is 0 Å². The minimum atomic E-state index is -2.21. The van der Waals surface area contributed by atoms with Crippen LogP contribution in [0.5, 0.6) is 0 Å². The van der Waals surface area contributed by atoms with E-state index in [0.717, 1.165) is 6.92 Å². The predicted octanol–water partition coefficient (Wildman–Crippen LogP) is 0.0657. The molecule has 4 rings (SSSR count). The summed E-state index contributed by atoms with van der Waals surface area (Å²) in [6.45, 7) is 13.4. The van der Waals surface area contributed by atoms with Crippen molar-refractivity contribution in [2.24, 2.45) is 22.7 Å². The van der Waals surface area contributed by atoms with Crippen molar-refractivity contribution in [3.8, 4) is 0 Å². The van der Waals surface area contributed by atoms with Crippen LogP contribution in [0.4, 0.5) is 4.79 Å². The van der Waals surface area contributed by atoms with Crippen molar-refractivity contribution >= 4 is 23.8 Å². The van der Waals surface area contributed by atoms with E-state index in [1.807, 2.05) is 0 Å². The smallest absolute Gasteiger partial charge is 0.407 e. The summed E-state index contributed by atoms with van der Waals surface area (Å²) in [4.78, 5) is 52.6. The van der Waals surface area contributed by atoms with Gasteiger partial charge < -0.3 is 49.8 Å². The lowest BCUT2D eigenvalue weighted by molar-refractivity contribution is -0.345. The number of Topliss-reactive ketones (excluding diaryl/α,β-unsaturated/α-hetero) is 1. The van der Waals surface area contributed by atoms with Gasteiger partial charge in [-0.25, -0.2) is 9.59 Å². The Morgan fingerprint density at radius 1 is 1.15 bits per heavy atom. The lowest BCUT2D eigenvalue weighted by Gasteiger charge is -2.66. The van der Waals surface area contributed by atoms with E-state index in [9.17, 15) is 44.7 Å². The van der Waals surface area contributed by atoms with Crippen molar-refractivity contribution in [1.29, 1.82) is 0 Å². The van der Waals surface area contributed by atoms with Gasteiger partial charge in [0, 0.05) is 31.1 Å². The summed E-state index contributed by atoms with van der Waals surface area (Å²) in [6.07, 6.45) is -9.39. The van der Waals surface area contributed by atoms with Crippen molar-refractivity contribution in [3.63, 3.8) is 0 Å². The van der Waals surface area contributed by atoms with Gasteiger partial charge in [0.1, 0.15) is 36.1 Å². The Balaban J connectivity index is 1.82. The second kappa shape index (κ2) is 12.3. The second-order valence-corrected chi connectivity index (χ2v) is 14.1. The zero-order valence-electron chi connectivity index (χ0n) is 27.3. The first-order chi connectivity index (χ1) is 21.2. The average molecular weight is 654 g/mol. The molecular weight excluding hydrogens is 606 g/mol. The molecule has 1 saturated heterocycles. The SMILES string of the molecule is C=CCOC(=O)N[C@@H](C(C)C)[C@@H](O)C(=O)OC1C[C@@]2(O)[C@@H](OC(C)=O)[C@@H]3[C@]4(O)CO[C@@H]4C[C@H](O)[C@@]3(C)C(=O)[C@H](O)C(=C1C)C2(C)C. The van der Waals surface area contributed by atoms with Gasteiger partial charge in [-0.2, -0.15) is 0 Å². The summed E-state index contributed by atoms with van der Waals surface area (Å²) in [6, 6.07) is -1.15. The van der Waals surface area contributed by atoms with Crippen molar-refractivity contribution in [3.05, 3.63) is 23.8 Å². The number of ether oxygens (including phenoxy) is 4. The maximum absolute atomic E-state index is 14.3. The summed E-state index contributed by atoms with van der Waals surface area (Å²) in [5, 5.41) is 61.2. The van der Waals surface area contributed by atoms with E-state index in [1.165, 1.54) is 19.9 Å². The molecule has 0 aromatic heterocycles. The van der Waals surface area contributed by atoms with Crippen LogP contribution >= 0.6 is 0 Å². The fraction of sp³-hybridized carbons (Fsp3) is 0.750. The van der Waals surface area contributed by atoms with Crippen molar-refractivity contribution < 1.29 is 63.7 Å². The molecule has 14 heteroatoms. The molecule has 0 radical (unpaired) electrons. The highest BCUT2D eigenvalue weighted by Gasteiger charge is 2.76. The van der Waals surface area contributed by atoms with Gasteiger partial charge in [-0.05, 0) is 30.9 Å². The molecule has 2 saturated carbocycles. The van der Waals surface area contributed by atoms with Crippen LogP contribution in [-0.4, -0.2) is 116 Å². The van der Waals surface area contributed by atoms with Crippen LogP contribution in [0.2, 0.25) is 0 Å². The number of nitrogens with one attached hydrogen (secondary N) is 1. The van der Waals surface area contributed by atoms with Crippen molar-refractivity contribution in [1.82, 2.24) is 5.32 Å². The summed E-state index contributed by atoms with van der Waals surface area (Å²) in [7, 11) is 0. The van der Waals surface area contributed by atoms with Crippen LogP contribution in [0.15, 0.2) is 23.8 Å². The Morgan fingerprint density at radius 2 is 1.78 bits per heavy atom. The molecule has 14 nitrogen and oxygen atoms in total. The molecule has 2 bridgehead atoms. The fourth-order valence-electron chi connectivity index (χ4n) is 8.08. The van der Waals surface area contributed by atoms with E-state index in [-0.39, 0.29) is 30.8 Å². The average Bonchev–Trinajstić information content (AvgIpc) is 2.96. The number of amides is 1. The van der Waals surface area contributed by atoms with Gasteiger partial charge in [0.25, 0.3) is 0 Å². The summed E-state index contributed by atoms with van der Waals surface area (Å²) in [5.74, 6) is -4.83. The van der Waals surface area contributed by atoms with Gasteiger partial charge in [0.2, 0.25) is 0 Å². The standard InChI is InChI=1S/C32H47NO13/c1-9-10-43-28(40)33-21(14(2)3)23(37)27(39)46-17-12-32(42)26(45-16(5)34)24-30(8,18(35)11-19-31(24,41)13-44-19)25(38)22(36)20(15(17)4)29(32,6)7/h9,14,17-19,21-24,26,35-37,41-42H,1,10-13H2,2-8H3,(H,33,40)/t17?,18-,19+,21-,22+,23+,24-,26-,30+,31-,32+/m0/s1. The quantitative estimate of drug-likeness (QED) is 0.116. The van der Waals surface area contributed by atoms with Gasteiger partial charge in [-0.3, -0.25) is 9.59 Å². The van der Waals surface area contributed by atoms with Crippen LogP contribution in [0.1, 0.15) is 61.3 Å². The van der Waals surface area contributed by atoms with Gasteiger partial charge in [-0.1, -0.05) is 40.3 Å². The van der Waals surface area contributed by atoms with Gasteiger partial charge in [-0.15, -0.1) is 0 Å². The van der Waals surface area contributed by atoms with E-state index in [1.54, 1.807) is 27.7 Å². The number of carbonyl (C=O) groups is 4. The molecule has 3 fully saturated rings. The largest absolute Gasteiger partial charge is 0.459 e. The van der Waals surface area contributed by atoms with Crippen LogP contribution < -0.4 is 5.32 Å². The van der Waals surface area contributed by atoms with Crippen LogP contribution in [0.3, 0.4) is 0 Å². The third kappa shape index (κ3) is 5.36. The number of ketones is 1. The number of hydrogen-bond acceptors (Lipinski definition) is 13. The maximum Gasteiger partial charge on any atom is 0.407 e. The zero-order chi connectivity index (χ0) is 34.7. The Kier molecular flexibility index (Phi) is 9.61. The minimum absolute atomic E-state index is 0.0203. The molecule has 46 heavy (non-hydrogen) atoms. The molecule has 1 amide bonds. The molecule has 1 aliphatic heterocycles. The second-order valence-electron chi connectivity index (χ2n) is 14.1. The lowest BCUT2D eigenvalue weighted by atomic mass is 9.45. The summed E-state index contributed by atoms with van der Waals surface area (Å²) in [5.41, 5.74) is -7.29. The van der Waals surface area contributed by atoms with Gasteiger partial charge >= 0.3 is 18.0 Å². The van der Waals surface area contributed by atoms with E-state index in [0.29, 0.717) is 0 Å². The molecule has 6 N–H and O–H groups in total. The Labute approximate surface area is 267 Å². The van der Waals surface area contributed by atoms with Gasteiger partial charge in [0.15, 0.2) is 11.9 Å². The van der Waals surface area contributed by atoms with E-state index < -0.39 is 107 Å². The number of hydrogen-bond donors (Lipinski definition) is 6. The number of carbonyl (C=O) groups excluding carboxylic acids is 4. The fourth-order valence-corrected chi connectivity index (χ4v) is 8.08. The molecule has 0 spiro atoms. The highest BCUT2D eigenvalue weighted by molar-refractivity contribution is 5.93. The van der Waals surface area contributed by atoms with Crippen LogP contribution in [0, 0.1) is 22.7 Å². The highest BCUT2D eigenvalue weighted by Crippen LogP contribution is 2.63. The zero-order valence-corrected chi connectivity index (χ0v) is 27.3. The minimum Gasteiger partial charge on any atom is -0.459 e. The third-order valence-corrected chi connectivity index (χ3v) is 10.8. The number of aliphatic hydroxyl groups excluding tert-OH is 3. The first kappa shape index (κ1) is 36.0. The van der Waals surface area contributed by atoms with Crippen molar-refractivity contribution in [2.45, 2.75) is 115 Å². The molecule has 4 aliphatic rings. The Morgan fingerprint density at radius 3 is 2.30 bits per heavy atom. The molecule has 0 aromatic rings. The molecule has 11 atom stereocenters. The molecule has 1 heterocycles. The number of esters is 2. The number of rotatable bonds is 8. The molecule has 258 valence electrons. The third-order valence-electron chi connectivity index (χ3n) is 10.8.